The molecule has 0 radical (unpaired) electrons. The molecule has 0 saturated carbocycles. The number of hydrogen-bond donors (Lipinski definition) is 2. The first-order chi connectivity index (χ1) is 12.6. The van der Waals surface area contributed by atoms with Crippen molar-refractivity contribution in [3.63, 3.8) is 0 Å². The van der Waals surface area contributed by atoms with Crippen LogP contribution in [-0.2, 0) is 4.74 Å². The van der Waals surface area contributed by atoms with Gasteiger partial charge in [0.25, 0.3) is 5.91 Å². The van der Waals surface area contributed by atoms with Crippen molar-refractivity contribution in [2.24, 2.45) is 5.92 Å². The molecule has 6 heteroatoms. The third-order valence-electron chi connectivity index (χ3n) is 4.66. The second-order valence-electron chi connectivity index (χ2n) is 6.39. The smallest absolute Gasteiger partial charge is 0.255 e. The Morgan fingerprint density at radius 2 is 2.12 bits per heavy atom. The lowest BCUT2D eigenvalue weighted by molar-refractivity contribution is -0.0272. The summed E-state index contributed by atoms with van der Waals surface area (Å²) < 4.78 is 11.2. The van der Waals surface area contributed by atoms with Gasteiger partial charge in [0.05, 0.1) is 29.5 Å². The number of carbonyl (C=O) groups is 1. The molecule has 0 aliphatic carbocycles. The van der Waals surface area contributed by atoms with Crippen molar-refractivity contribution in [1.82, 2.24) is 5.32 Å². The van der Waals surface area contributed by atoms with Gasteiger partial charge in [-0.15, -0.1) is 0 Å². The zero-order valence-electron chi connectivity index (χ0n) is 14.7. The molecule has 0 aromatic heterocycles. The molecule has 2 aromatic rings. The fraction of sp³-hybridized carbons (Fsp3) is 0.350. The Labute approximate surface area is 158 Å². The summed E-state index contributed by atoms with van der Waals surface area (Å²) in [5.74, 6) is 0.385. The molecular weight excluding hydrogens is 352 g/mol. The lowest BCUT2D eigenvalue weighted by Gasteiger charge is -2.32. The van der Waals surface area contributed by atoms with Crippen LogP contribution in [0.25, 0.3) is 0 Å². The largest absolute Gasteiger partial charge is 0.496 e. The zero-order chi connectivity index (χ0) is 18.5. The number of anilines is 1. The first-order valence-electron chi connectivity index (χ1n) is 8.68. The van der Waals surface area contributed by atoms with Crippen molar-refractivity contribution in [2.45, 2.75) is 18.9 Å². The number of carbonyl (C=O) groups excluding carboxylic acids is 1. The summed E-state index contributed by atoms with van der Waals surface area (Å²) in [4.78, 5) is 12.6. The molecule has 1 fully saturated rings. The second kappa shape index (κ2) is 8.43. The van der Waals surface area contributed by atoms with Gasteiger partial charge < -0.3 is 20.5 Å². The Balaban J connectivity index is 1.71. The maximum atomic E-state index is 12.6. The number of nitrogens with two attached hydrogens (primary N) is 1. The molecule has 138 valence electrons. The van der Waals surface area contributed by atoms with Gasteiger partial charge in [-0.25, -0.2) is 0 Å². The predicted octanol–water partition coefficient (Wildman–Crippen LogP) is 3.83. The Bertz CT molecular complexity index is 767. The van der Waals surface area contributed by atoms with Gasteiger partial charge in [-0.2, -0.15) is 0 Å². The van der Waals surface area contributed by atoms with Crippen molar-refractivity contribution < 1.29 is 14.3 Å². The molecule has 2 aromatic carbocycles. The molecule has 2 atom stereocenters. The molecule has 1 aliphatic rings. The Morgan fingerprint density at radius 3 is 2.85 bits per heavy atom. The van der Waals surface area contributed by atoms with E-state index >= 15 is 0 Å². The van der Waals surface area contributed by atoms with Crippen LogP contribution in [0.1, 0.15) is 34.9 Å². The number of amides is 1. The number of methoxy groups -OCH3 is 1. The molecule has 1 amide bonds. The molecule has 1 heterocycles. The minimum atomic E-state index is -0.235. The van der Waals surface area contributed by atoms with Crippen molar-refractivity contribution >= 4 is 23.2 Å². The van der Waals surface area contributed by atoms with Crippen molar-refractivity contribution in [1.29, 1.82) is 0 Å². The number of halogens is 1. The SMILES string of the molecule is COc1cc(N)c(Cl)cc1C(=O)NCC1CCCOC1c1ccccc1. The minimum absolute atomic E-state index is 0.0119. The maximum Gasteiger partial charge on any atom is 0.255 e. The number of hydrogen-bond acceptors (Lipinski definition) is 4. The molecular formula is C20H23ClN2O3. The van der Waals surface area contributed by atoms with E-state index in [0.29, 0.717) is 28.6 Å². The molecule has 0 bridgehead atoms. The number of rotatable bonds is 5. The van der Waals surface area contributed by atoms with Gasteiger partial charge >= 0.3 is 0 Å². The summed E-state index contributed by atoms with van der Waals surface area (Å²) in [6, 6.07) is 13.2. The topological polar surface area (TPSA) is 73.6 Å². The Morgan fingerprint density at radius 1 is 1.35 bits per heavy atom. The second-order valence-corrected chi connectivity index (χ2v) is 6.80. The van der Waals surface area contributed by atoms with E-state index in [9.17, 15) is 4.79 Å². The standard InChI is InChI=1S/C20H23ClN2O3/c1-25-18-11-17(22)16(21)10-15(18)20(24)23-12-14-8-5-9-26-19(14)13-6-3-2-4-7-13/h2-4,6-7,10-11,14,19H,5,8-9,12,22H2,1H3,(H,23,24). The first-order valence-corrected chi connectivity index (χ1v) is 9.05. The highest BCUT2D eigenvalue weighted by Crippen LogP contribution is 2.33. The fourth-order valence-electron chi connectivity index (χ4n) is 3.30. The van der Waals surface area contributed by atoms with E-state index in [2.05, 4.69) is 17.4 Å². The molecule has 3 rings (SSSR count). The summed E-state index contributed by atoms with van der Waals surface area (Å²) in [5, 5.41) is 3.32. The van der Waals surface area contributed by atoms with Gasteiger partial charge in [-0.3, -0.25) is 4.79 Å². The van der Waals surface area contributed by atoms with Crippen LogP contribution in [0.2, 0.25) is 5.02 Å². The van der Waals surface area contributed by atoms with Gasteiger partial charge in [-0.05, 0) is 24.5 Å². The molecule has 26 heavy (non-hydrogen) atoms. The van der Waals surface area contributed by atoms with Gasteiger partial charge in [0.2, 0.25) is 0 Å². The van der Waals surface area contributed by atoms with Crippen molar-refractivity contribution in [2.75, 3.05) is 26.0 Å². The van der Waals surface area contributed by atoms with Crippen LogP contribution in [-0.4, -0.2) is 26.2 Å². The summed E-state index contributed by atoms with van der Waals surface area (Å²) in [6.45, 7) is 1.26. The van der Waals surface area contributed by atoms with Crippen LogP contribution in [0.3, 0.4) is 0 Å². The summed E-state index contributed by atoms with van der Waals surface area (Å²) in [7, 11) is 1.50. The van der Waals surface area contributed by atoms with Crippen molar-refractivity contribution in [3.05, 3.63) is 58.6 Å². The minimum Gasteiger partial charge on any atom is -0.496 e. The zero-order valence-corrected chi connectivity index (χ0v) is 15.5. The van der Waals surface area contributed by atoms with E-state index in [-0.39, 0.29) is 17.9 Å². The molecule has 3 N–H and O–H groups in total. The molecule has 5 nitrogen and oxygen atoms in total. The van der Waals surface area contributed by atoms with Crippen molar-refractivity contribution in [3.8, 4) is 5.75 Å². The Hall–Kier alpha value is -2.24. The fourth-order valence-corrected chi connectivity index (χ4v) is 3.46. The number of nitrogens with one attached hydrogen (secondary N) is 1. The molecule has 1 aliphatic heterocycles. The third kappa shape index (κ3) is 4.11. The number of ether oxygens (including phenoxy) is 2. The van der Waals surface area contributed by atoms with E-state index in [4.69, 9.17) is 26.8 Å². The lowest BCUT2D eigenvalue weighted by atomic mass is 9.89. The van der Waals surface area contributed by atoms with Gasteiger partial charge in [0, 0.05) is 25.1 Å². The highest BCUT2D eigenvalue weighted by Gasteiger charge is 2.28. The van der Waals surface area contributed by atoms with Gasteiger partial charge in [-0.1, -0.05) is 41.9 Å². The van der Waals surface area contributed by atoms with E-state index < -0.39 is 0 Å². The van der Waals surface area contributed by atoms with Crippen LogP contribution in [0.5, 0.6) is 5.75 Å². The van der Waals surface area contributed by atoms with Crippen LogP contribution >= 0.6 is 11.6 Å². The van der Waals surface area contributed by atoms with Crippen LogP contribution < -0.4 is 15.8 Å². The average Bonchev–Trinajstić information content (AvgIpc) is 2.68. The van der Waals surface area contributed by atoms with E-state index in [1.165, 1.54) is 13.2 Å². The van der Waals surface area contributed by atoms with Crippen LogP contribution in [0.15, 0.2) is 42.5 Å². The third-order valence-corrected chi connectivity index (χ3v) is 4.99. The van der Waals surface area contributed by atoms with E-state index in [1.807, 2.05) is 18.2 Å². The number of benzene rings is 2. The lowest BCUT2D eigenvalue weighted by Crippen LogP contribution is -2.35. The van der Waals surface area contributed by atoms with Gasteiger partial charge in [0.1, 0.15) is 5.75 Å². The quantitative estimate of drug-likeness (QED) is 0.780. The highest BCUT2D eigenvalue weighted by molar-refractivity contribution is 6.33. The first kappa shape index (κ1) is 18.5. The van der Waals surface area contributed by atoms with Gasteiger partial charge in [0.15, 0.2) is 0 Å². The normalized spacial score (nSPS) is 19.8. The van der Waals surface area contributed by atoms with Crippen LogP contribution in [0, 0.1) is 5.92 Å². The molecule has 0 spiro atoms. The van der Waals surface area contributed by atoms with Crippen LogP contribution in [0.4, 0.5) is 5.69 Å². The van der Waals surface area contributed by atoms with E-state index in [0.717, 1.165) is 25.0 Å². The van der Waals surface area contributed by atoms with E-state index in [1.54, 1.807) is 6.07 Å². The summed E-state index contributed by atoms with van der Waals surface area (Å²) >= 11 is 6.06. The average molecular weight is 375 g/mol. The summed E-state index contributed by atoms with van der Waals surface area (Å²) in [6.07, 6.45) is 1.97. The number of nitrogen functional groups attached to an aromatic ring is 1. The molecule has 2 unspecified atom stereocenters. The highest BCUT2D eigenvalue weighted by atomic mass is 35.5. The monoisotopic (exact) mass is 374 g/mol. The predicted molar refractivity (Wildman–Crippen MR) is 103 cm³/mol. The Kier molecular flexibility index (Phi) is 6.01. The summed E-state index contributed by atoms with van der Waals surface area (Å²) in [5.41, 5.74) is 7.67. The maximum absolute atomic E-state index is 12.6. The molecule has 1 saturated heterocycles.